The van der Waals surface area contributed by atoms with E-state index in [-0.39, 0.29) is 0 Å². The van der Waals surface area contributed by atoms with Crippen molar-refractivity contribution >= 4 is 0 Å². The number of aryl methyl sites for hydroxylation is 1. The van der Waals surface area contributed by atoms with Crippen LogP contribution >= 0.6 is 0 Å². The Morgan fingerprint density at radius 1 is 0.957 bits per heavy atom. The predicted octanol–water partition coefficient (Wildman–Crippen LogP) is 4.07. The van der Waals surface area contributed by atoms with Gasteiger partial charge in [-0.2, -0.15) is 0 Å². The molecule has 0 spiro atoms. The molecule has 2 aromatic rings. The molecule has 23 heavy (non-hydrogen) atoms. The Kier molecular flexibility index (Phi) is 6.78. The second-order valence-corrected chi connectivity index (χ2v) is 5.40. The van der Waals surface area contributed by atoms with Gasteiger partial charge in [-0.3, -0.25) is 0 Å². The minimum absolute atomic E-state index is 0.449. The third-order valence-electron chi connectivity index (χ3n) is 3.80. The fourth-order valence-electron chi connectivity index (χ4n) is 2.54. The Balaban J connectivity index is 2.29. The summed E-state index contributed by atoms with van der Waals surface area (Å²) in [5.41, 5.74) is 3.03. The van der Waals surface area contributed by atoms with E-state index in [4.69, 9.17) is 9.47 Å². The fraction of sp³-hybridized carbons (Fsp3) is 0.500. The lowest BCUT2D eigenvalue weighted by Crippen LogP contribution is -2.06. The van der Waals surface area contributed by atoms with Gasteiger partial charge >= 0.3 is 0 Å². The molecule has 0 saturated carbocycles. The molecule has 0 fully saturated rings. The third kappa shape index (κ3) is 4.41. The van der Waals surface area contributed by atoms with Crippen molar-refractivity contribution in [3.05, 3.63) is 29.8 Å². The molecule has 0 radical (unpaired) electrons. The maximum Gasteiger partial charge on any atom is 0.248 e. The molecule has 1 aromatic carbocycles. The number of methoxy groups -OCH3 is 1. The van der Waals surface area contributed by atoms with E-state index >= 15 is 0 Å². The van der Waals surface area contributed by atoms with E-state index in [9.17, 15) is 0 Å². The van der Waals surface area contributed by atoms with Crippen LogP contribution in [0.4, 0.5) is 0 Å². The molecular weight excluding hydrogens is 290 g/mol. The molecule has 0 N–H and O–H groups in total. The predicted molar refractivity (Wildman–Crippen MR) is 90.8 cm³/mol. The van der Waals surface area contributed by atoms with E-state index < -0.39 is 0 Å². The number of ether oxygens (including phenoxy) is 2. The molecule has 0 saturated heterocycles. The molecular formula is C18H25N3O2. The molecule has 0 aliphatic heterocycles. The molecule has 5 nitrogen and oxygen atoms in total. The molecule has 5 heteroatoms. The summed E-state index contributed by atoms with van der Waals surface area (Å²) in [5, 5.41) is 11.9. The van der Waals surface area contributed by atoms with Gasteiger partial charge in [0.05, 0.1) is 13.7 Å². The highest BCUT2D eigenvalue weighted by Crippen LogP contribution is 2.36. The third-order valence-corrected chi connectivity index (χ3v) is 3.80. The first kappa shape index (κ1) is 17.2. The molecule has 0 atom stereocenters. The Morgan fingerprint density at radius 2 is 1.74 bits per heavy atom. The van der Waals surface area contributed by atoms with Crippen LogP contribution in [0, 0.1) is 0 Å². The summed E-state index contributed by atoms with van der Waals surface area (Å²) < 4.78 is 11.3. The second kappa shape index (κ2) is 9.08. The minimum Gasteiger partial charge on any atom is -0.479 e. The van der Waals surface area contributed by atoms with E-state index in [1.54, 1.807) is 7.11 Å². The largest absolute Gasteiger partial charge is 0.479 e. The normalized spacial score (nSPS) is 10.6. The average molecular weight is 315 g/mol. The number of benzene rings is 1. The van der Waals surface area contributed by atoms with E-state index in [1.807, 2.05) is 18.2 Å². The quantitative estimate of drug-likeness (QED) is 0.653. The maximum atomic E-state index is 5.89. The number of hydrogen-bond acceptors (Lipinski definition) is 5. The summed E-state index contributed by atoms with van der Waals surface area (Å²) in [6.45, 7) is 4.95. The molecule has 0 aliphatic rings. The average Bonchev–Trinajstić information content (AvgIpc) is 2.61. The molecule has 2 rings (SSSR count). The number of hydrogen-bond donors (Lipinski definition) is 0. The summed E-state index contributed by atoms with van der Waals surface area (Å²) in [6.07, 6.45) is 5.51. The number of rotatable bonds is 9. The Hall–Kier alpha value is -2.17. The number of aromatic nitrogens is 3. The van der Waals surface area contributed by atoms with Crippen LogP contribution in [0.25, 0.3) is 11.1 Å². The zero-order chi connectivity index (χ0) is 16.5. The molecule has 1 heterocycles. The highest BCUT2D eigenvalue weighted by molar-refractivity contribution is 5.75. The molecule has 0 aliphatic carbocycles. The fourth-order valence-corrected chi connectivity index (χ4v) is 2.54. The van der Waals surface area contributed by atoms with Crippen molar-refractivity contribution in [1.82, 2.24) is 15.4 Å². The van der Waals surface area contributed by atoms with Crippen LogP contribution in [-0.2, 0) is 6.42 Å². The van der Waals surface area contributed by atoms with Crippen LogP contribution in [0.3, 0.4) is 0 Å². The number of unbranched alkanes of at least 4 members (excludes halogenated alkanes) is 3. The smallest absolute Gasteiger partial charge is 0.248 e. The topological polar surface area (TPSA) is 57.1 Å². The zero-order valence-electron chi connectivity index (χ0n) is 14.2. The first-order valence-corrected chi connectivity index (χ1v) is 8.30. The van der Waals surface area contributed by atoms with Crippen molar-refractivity contribution < 1.29 is 9.47 Å². The summed E-state index contributed by atoms with van der Waals surface area (Å²) in [4.78, 5) is 0. The van der Waals surface area contributed by atoms with Gasteiger partial charge in [-0.15, -0.1) is 0 Å². The van der Waals surface area contributed by atoms with E-state index in [1.165, 1.54) is 18.4 Å². The van der Waals surface area contributed by atoms with Gasteiger partial charge in [-0.25, -0.2) is 0 Å². The van der Waals surface area contributed by atoms with Crippen molar-refractivity contribution in [1.29, 1.82) is 0 Å². The van der Waals surface area contributed by atoms with Crippen LogP contribution in [0.2, 0.25) is 0 Å². The lowest BCUT2D eigenvalue weighted by atomic mass is 9.99. The van der Waals surface area contributed by atoms with Crippen LogP contribution in [-0.4, -0.2) is 29.1 Å². The summed E-state index contributed by atoms with van der Waals surface area (Å²) in [5.74, 6) is 0.943. The first-order chi connectivity index (χ1) is 11.3. The lowest BCUT2D eigenvalue weighted by Gasteiger charge is -2.14. The van der Waals surface area contributed by atoms with Gasteiger partial charge in [0.2, 0.25) is 11.8 Å². The van der Waals surface area contributed by atoms with Gasteiger partial charge in [-0.05, 0) is 29.2 Å². The molecule has 0 amide bonds. The summed E-state index contributed by atoms with van der Waals surface area (Å²) in [7, 11) is 1.59. The lowest BCUT2D eigenvalue weighted by molar-refractivity contribution is 0.285. The summed E-state index contributed by atoms with van der Waals surface area (Å²) in [6, 6.07) is 8.17. The Bertz CT molecular complexity index is 617. The van der Waals surface area contributed by atoms with Crippen molar-refractivity contribution in [2.75, 3.05) is 13.7 Å². The SMILES string of the molecule is CCCCCCOc1nnnc(OC)c1-c1ccccc1CC. The van der Waals surface area contributed by atoms with Gasteiger partial charge in [0, 0.05) is 0 Å². The van der Waals surface area contributed by atoms with Gasteiger partial charge in [-0.1, -0.05) is 67.6 Å². The Labute approximate surface area is 138 Å². The Morgan fingerprint density at radius 3 is 2.48 bits per heavy atom. The molecule has 1 aromatic heterocycles. The van der Waals surface area contributed by atoms with Gasteiger partial charge in [0.15, 0.2) is 0 Å². The van der Waals surface area contributed by atoms with Gasteiger partial charge in [0.25, 0.3) is 0 Å². The van der Waals surface area contributed by atoms with Crippen LogP contribution in [0.5, 0.6) is 11.8 Å². The van der Waals surface area contributed by atoms with Crippen LogP contribution in [0.1, 0.15) is 45.1 Å². The van der Waals surface area contributed by atoms with Crippen LogP contribution in [0.15, 0.2) is 24.3 Å². The monoisotopic (exact) mass is 315 g/mol. The van der Waals surface area contributed by atoms with Crippen molar-refractivity contribution in [2.45, 2.75) is 46.0 Å². The highest BCUT2D eigenvalue weighted by atomic mass is 16.5. The number of nitrogens with zero attached hydrogens (tertiary/aromatic N) is 3. The van der Waals surface area contributed by atoms with E-state index in [0.29, 0.717) is 18.4 Å². The zero-order valence-corrected chi connectivity index (χ0v) is 14.2. The molecule has 0 bridgehead atoms. The first-order valence-electron chi connectivity index (χ1n) is 8.30. The van der Waals surface area contributed by atoms with E-state index in [0.717, 1.165) is 30.4 Å². The summed E-state index contributed by atoms with van der Waals surface area (Å²) >= 11 is 0. The van der Waals surface area contributed by atoms with Gasteiger partial charge in [0.1, 0.15) is 5.56 Å². The highest BCUT2D eigenvalue weighted by Gasteiger charge is 2.19. The maximum absolute atomic E-state index is 5.89. The van der Waals surface area contributed by atoms with E-state index in [2.05, 4.69) is 35.3 Å². The van der Waals surface area contributed by atoms with Crippen molar-refractivity contribution in [2.24, 2.45) is 0 Å². The van der Waals surface area contributed by atoms with Crippen LogP contribution < -0.4 is 9.47 Å². The van der Waals surface area contributed by atoms with Crippen molar-refractivity contribution in [3.8, 4) is 22.9 Å². The second-order valence-electron chi connectivity index (χ2n) is 5.40. The van der Waals surface area contributed by atoms with Gasteiger partial charge < -0.3 is 9.47 Å². The standard InChI is InChI=1S/C18H25N3O2/c1-4-6-7-10-13-23-18-16(17(22-3)19-21-20-18)15-12-9-8-11-14(15)5-2/h8-9,11-12H,4-7,10,13H2,1-3H3. The molecule has 0 unspecified atom stereocenters. The van der Waals surface area contributed by atoms with Crippen molar-refractivity contribution in [3.63, 3.8) is 0 Å². The minimum atomic E-state index is 0.449. The molecule has 124 valence electrons.